The van der Waals surface area contributed by atoms with Crippen LogP contribution in [-0.4, -0.2) is 40.1 Å². The van der Waals surface area contributed by atoms with Crippen LogP contribution in [0, 0.1) is 5.92 Å². The van der Waals surface area contributed by atoms with Crippen LogP contribution >= 0.6 is 0 Å². The Bertz CT molecular complexity index is 1130. The first-order valence-corrected chi connectivity index (χ1v) is 10.2. The summed E-state index contributed by atoms with van der Waals surface area (Å²) >= 11 is 0. The van der Waals surface area contributed by atoms with E-state index in [1.165, 1.54) is 0 Å². The van der Waals surface area contributed by atoms with E-state index in [0.29, 0.717) is 32.0 Å². The molecule has 6 heteroatoms. The summed E-state index contributed by atoms with van der Waals surface area (Å²) in [5, 5.41) is 1.12. The fourth-order valence-electron chi connectivity index (χ4n) is 5.05. The number of ether oxygens (including phenoxy) is 1. The van der Waals surface area contributed by atoms with Crippen LogP contribution in [0.3, 0.4) is 0 Å². The Morgan fingerprint density at radius 2 is 1.97 bits per heavy atom. The van der Waals surface area contributed by atoms with Crippen molar-refractivity contribution in [3.63, 3.8) is 0 Å². The molecule has 6 nitrogen and oxygen atoms in total. The van der Waals surface area contributed by atoms with Crippen LogP contribution in [0.1, 0.15) is 24.5 Å². The zero-order valence-corrected chi connectivity index (χ0v) is 16.6. The number of aromatic nitrogens is 2. The van der Waals surface area contributed by atoms with Gasteiger partial charge in [0.25, 0.3) is 5.56 Å². The number of hydrogen-bond acceptors (Lipinski definition) is 3. The summed E-state index contributed by atoms with van der Waals surface area (Å²) < 4.78 is 9.50. The van der Waals surface area contributed by atoms with Gasteiger partial charge in [0.15, 0.2) is 0 Å². The Morgan fingerprint density at radius 1 is 1.10 bits per heavy atom. The Morgan fingerprint density at radius 3 is 2.83 bits per heavy atom. The number of benzene rings is 1. The lowest BCUT2D eigenvalue weighted by Gasteiger charge is -2.42. The molecule has 4 heterocycles. The SMILES string of the molecule is COc1cccc2ccn(CCC(=O)N3C[C@@H]4C[C@H](C3)c3cccc(=O)n3C4)c12. The molecule has 150 valence electrons. The number of pyridine rings is 1. The van der Waals surface area contributed by atoms with Crippen molar-refractivity contribution in [2.24, 2.45) is 5.92 Å². The quantitative estimate of drug-likeness (QED) is 0.687. The van der Waals surface area contributed by atoms with E-state index >= 15 is 0 Å². The van der Waals surface area contributed by atoms with Crippen molar-refractivity contribution in [1.82, 2.24) is 14.0 Å². The van der Waals surface area contributed by atoms with Crippen molar-refractivity contribution < 1.29 is 9.53 Å². The molecule has 2 aliphatic rings. The first-order valence-electron chi connectivity index (χ1n) is 10.2. The molecule has 0 spiro atoms. The maximum atomic E-state index is 13.0. The maximum absolute atomic E-state index is 13.0. The summed E-state index contributed by atoms with van der Waals surface area (Å²) in [7, 11) is 1.67. The highest BCUT2D eigenvalue weighted by molar-refractivity contribution is 5.86. The van der Waals surface area contributed by atoms with E-state index in [4.69, 9.17) is 4.74 Å². The maximum Gasteiger partial charge on any atom is 0.250 e. The molecule has 2 aliphatic heterocycles. The van der Waals surface area contributed by atoms with Crippen LogP contribution in [-0.2, 0) is 17.9 Å². The lowest BCUT2D eigenvalue weighted by molar-refractivity contribution is -0.134. The predicted octanol–water partition coefficient (Wildman–Crippen LogP) is 2.85. The lowest BCUT2D eigenvalue weighted by Crippen LogP contribution is -2.49. The van der Waals surface area contributed by atoms with Crippen molar-refractivity contribution >= 4 is 16.8 Å². The number of piperidine rings is 1. The smallest absolute Gasteiger partial charge is 0.250 e. The van der Waals surface area contributed by atoms with Gasteiger partial charge in [-0.25, -0.2) is 0 Å². The fourth-order valence-corrected chi connectivity index (χ4v) is 5.05. The summed E-state index contributed by atoms with van der Waals surface area (Å²) in [5.41, 5.74) is 2.18. The van der Waals surface area contributed by atoms with E-state index < -0.39 is 0 Å². The van der Waals surface area contributed by atoms with Crippen LogP contribution in [0.2, 0.25) is 0 Å². The molecule has 2 bridgehead atoms. The molecule has 0 saturated carbocycles. The highest BCUT2D eigenvalue weighted by atomic mass is 16.5. The summed E-state index contributed by atoms with van der Waals surface area (Å²) in [6, 6.07) is 13.5. The Labute approximate surface area is 169 Å². The molecular formula is C23H25N3O3. The van der Waals surface area contributed by atoms with Gasteiger partial charge < -0.3 is 18.8 Å². The number of carbonyl (C=O) groups excluding carboxylic acids is 1. The van der Waals surface area contributed by atoms with E-state index in [0.717, 1.165) is 35.3 Å². The number of rotatable bonds is 4. The van der Waals surface area contributed by atoms with Gasteiger partial charge in [-0.05, 0) is 30.5 Å². The van der Waals surface area contributed by atoms with Crippen molar-refractivity contribution in [2.75, 3.05) is 20.2 Å². The molecule has 0 unspecified atom stereocenters. The first-order chi connectivity index (χ1) is 14.1. The van der Waals surface area contributed by atoms with E-state index in [-0.39, 0.29) is 17.4 Å². The number of methoxy groups -OCH3 is 1. The lowest BCUT2D eigenvalue weighted by atomic mass is 9.83. The Kier molecular flexibility index (Phi) is 4.42. The van der Waals surface area contributed by atoms with Gasteiger partial charge in [-0.15, -0.1) is 0 Å². The van der Waals surface area contributed by atoms with Gasteiger partial charge in [0, 0.05) is 61.9 Å². The number of carbonyl (C=O) groups is 1. The molecule has 29 heavy (non-hydrogen) atoms. The van der Waals surface area contributed by atoms with Crippen molar-refractivity contribution in [1.29, 1.82) is 0 Å². The van der Waals surface area contributed by atoms with Gasteiger partial charge in [0.1, 0.15) is 5.75 Å². The highest BCUT2D eigenvalue weighted by Gasteiger charge is 2.36. The van der Waals surface area contributed by atoms with E-state index in [9.17, 15) is 9.59 Å². The van der Waals surface area contributed by atoms with E-state index in [2.05, 4.69) is 16.7 Å². The van der Waals surface area contributed by atoms with Crippen LogP contribution in [0.4, 0.5) is 0 Å². The number of para-hydroxylation sites is 1. The summed E-state index contributed by atoms with van der Waals surface area (Å²) in [6.07, 6.45) is 3.55. The molecule has 1 fully saturated rings. The Balaban J connectivity index is 1.31. The first kappa shape index (κ1) is 18.0. The minimum Gasteiger partial charge on any atom is -0.495 e. The molecule has 0 N–H and O–H groups in total. The normalized spacial score (nSPS) is 20.5. The van der Waals surface area contributed by atoms with Gasteiger partial charge in [-0.3, -0.25) is 9.59 Å². The second-order valence-electron chi connectivity index (χ2n) is 8.15. The molecule has 2 aromatic heterocycles. The summed E-state index contributed by atoms with van der Waals surface area (Å²) in [6.45, 7) is 2.79. The molecule has 0 aliphatic carbocycles. The second-order valence-corrected chi connectivity index (χ2v) is 8.15. The molecule has 2 atom stereocenters. The number of aryl methyl sites for hydroxylation is 1. The molecule has 0 radical (unpaired) electrons. The van der Waals surface area contributed by atoms with Crippen LogP contribution in [0.5, 0.6) is 5.75 Å². The highest BCUT2D eigenvalue weighted by Crippen LogP contribution is 2.35. The largest absolute Gasteiger partial charge is 0.495 e. The van der Waals surface area contributed by atoms with Gasteiger partial charge in [0.2, 0.25) is 5.91 Å². The van der Waals surface area contributed by atoms with E-state index in [1.54, 1.807) is 13.2 Å². The van der Waals surface area contributed by atoms with Crippen molar-refractivity contribution in [3.8, 4) is 5.75 Å². The third-order valence-electron chi connectivity index (χ3n) is 6.37. The zero-order valence-electron chi connectivity index (χ0n) is 16.6. The summed E-state index contributed by atoms with van der Waals surface area (Å²) in [5.74, 6) is 1.63. The number of amides is 1. The second kappa shape index (κ2) is 7.10. The topological polar surface area (TPSA) is 56.5 Å². The number of nitrogens with zero attached hydrogens (tertiary/aromatic N) is 3. The van der Waals surface area contributed by atoms with Crippen molar-refractivity contribution in [2.45, 2.75) is 31.8 Å². The molecule has 1 amide bonds. The van der Waals surface area contributed by atoms with Gasteiger partial charge >= 0.3 is 0 Å². The Hall–Kier alpha value is -3.02. The number of fused-ring (bicyclic) bond motifs is 5. The van der Waals surface area contributed by atoms with Crippen molar-refractivity contribution in [3.05, 3.63) is 64.7 Å². The van der Waals surface area contributed by atoms with Crippen LogP contribution in [0.15, 0.2) is 53.5 Å². The summed E-state index contributed by atoms with van der Waals surface area (Å²) in [4.78, 5) is 27.2. The van der Waals surface area contributed by atoms with E-state index in [1.807, 2.05) is 39.9 Å². The average Bonchev–Trinajstić information content (AvgIpc) is 3.16. The van der Waals surface area contributed by atoms with Crippen LogP contribution in [0.25, 0.3) is 10.9 Å². The number of hydrogen-bond donors (Lipinski definition) is 0. The third-order valence-corrected chi connectivity index (χ3v) is 6.37. The minimum absolute atomic E-state index is 0.0745. The predicted molar refractivity (Wildman–Crippen MR) is 111 cm³/mol. The molecule has 5 rings (SSSR count). The monoisotopic (exact) mass is 391 g/mol. The van der Waals surface area contributed by atoms with Gasteiger partial charge in [-0.1, -0.05) is 18.2 Å². The standard InChI is InChI=1S/C23H25N3O3/c1-29-20-6-2-4-17-8-10-24(23(17)20)11-9-21(27)25-13-16-12-18(15-25)19-5-3-7-22(28)26(19)14-16/h2-8,10,16,18H,9,11-15H2,1H3/t16-,18+/m0/s1. The molecule has 1 saturated heterocycles. The number of likely N-dealkylation sites (tertiary alicyclic amines) is 1. The molecule has 1 aromatic carbocycles. The molecular weight excluding hydrogens is 366 g/mol. The van der Waals surface area contributed by atoms with Gasteiger partial charge in [-0.2, -0.15) is 0 Å². The third kappa shape index (κ3) is 3.12. The fraction of sp³-hybridized carbons (Fsp3) is 0.391. The minimum atomic E-state index is 0.0745. The van der Waals surface area contributed by atoms with Gasteiger partial charge in [0.05, 0.1) is 12.6 Å². The van der Waals surface area contributed by atoms with Crippen LogP contribution < -0.4 is 10.3 Å². The molecule has 3 aromatic rings. The average molecular weight is 391 g/mol. The zero-order chi connectivity index (χ0) is 20.0.